The molecule has 1 aromatic rings. The average molecular weight is 483 g/mol. The topological polar surface area (TPSA) is 18.5 Å². The summed E-state index contributed by atoms with van der Waals surface area (Å²) in [5.41, 5.74) is 1.42. The fourth-order valence-corrected chi connectivity index (χ4v) is 7.06. The second kappa shape index (κ2) is 12.1. The fourth-order valence-electron chi connectivity index (χ4n) is 5.64. The fraction of sp³-hybridized carbons (Fsp3) is 0.677. The smallest absolute Gasteiger partial charge is 0.192 e. The zero-order chi connectivity index (χ0) is 24.8. The quantitative estimate of drug-likeness (QED) is 0.272. The van der Waals surface area contributed by atoms with Crippen LogP contribution in [0.5, 0.6) is 0 Å². The summed E-state index contributed by atoms with van der Waals surface area (Å²) in [6.45, 7) is 18.5. The first-order valence-corrected chi connectivity index (χ1v) is 16.7. The van der Waals surface area contributed by atoms with Crippen LogP contribution in [0.4, 0.5) is 0 Å². The third kappa shape index (κ3) is 7.59. The number of hydrogen-bond acceptors (Lipinski definition) is 2. The van der Waals surface area contributed by atoms with Crippen molar-refractivity contribution < 1.29 is 9.16 Å². The van der Waals surface area contributed by atoms with Gasteiger partial charge in [-0.25, -0.2) is 0 Å². The molecular weight excluding hydrogens is 432 g/mol. The summed E-state index contributed by atoms with van der Waals surface area (Å²) < 4.78 is 13.5. The molecule has 5 atom stereocenters. The van der Waals surface area contributed by atoms with Crippen LogP contribution in [-0.2, 0) is 15.6 Å². The molecule has 0 saturated heterocycles. The van der Waals surface area contributed by atoms with Crippen molar-refractivity contribution in [3.05, 3.63) is 60.4 Å². The van der Waals surface area contributed by atoms with E-state index in [-0.39, 0.29) is 5.04 Å². The van der Waals surface area contributed by atoms with E-state index < -0.39 is 8.32 Å². The molecule has 2 nitrogen and oxygen atoms in total. The average Bonchev–Trinajstić information content (AvgIpc) is 3.06. The molecule has 190 valence electrons. The first-order chi connectivity index (χ1) is 16.1. The Morgan fingerprint density at radius 1 is 1.12 bits per heavy atom. The molecule has 0 unspecified atom stereocenters. The Bertz CT molecular complexity index is 791. The number of allylic oxidation sites excluding steroid dienone is 3. The number of benzene rings is 1. The predicted molar refractivity (Wildman–Crippen MR) is 148 cm³/mol. The van der Waals surface area contributed by atoms with Crippen molar-refractivity contribution in [1.82, 2.24) is 0 Å². The van der Waals surface area contributed by atoms with E-state index >= 15 is 0 Å². The minimum Gasteiger partial charge on any atom is -0.495 e. The maximum atomic E-state index is 7.03. The molecule has 1 heterocycles. The molecule has 1 saturated carbocycles. The monoisotopic (exact) mass is 482 g/mol. The van der Waals surface area contributed by atoms with Crippen LogP contribution < -0.4 is 0 Å². The van der Waals surface area contributed by atoms with Crippen molar-refractivity contribution in [2.45, 2.75) is 116 Å². The summed E-state index contributed by atoms with van der Waals surface area (Å²) in [5, 5.41) is 0.235. The summed E-state index contributed by atoms with van der Waals surface area (Å²) in [7, 11) is -1.82. The molecule has 1 fully saturated rings. The lowest BCUT2D eigenvalue weighted by molar-refractivity contribution is 0.0640. The number of hydrogen-bond donors (Lipinski definition) is 0. The van der Waals surface area contributed by atoms with Crippen LogP contribution in [0.2, 0.25) is 18.1 Å². The van der Waals surface area contributed by atoms with Gasteiger partial charge in [0, 0.05) is 18.4 Å². The van der Waals surface area contributed by atoms with Gasteiger partial charge in [-0.15, -0.1) is 0 Å². The normalized spacial score (nSPS) is 28.1. The highest BCUT2D eigenvalue weighted by Gasteiger charge is 2.43. The van der Waals surface area contributed by atoms with Crippen molar-refractivity contribution in [3.63, 3.8) is 0 Å². The summed E-state index contributed by atoms with van der Waals surface area (Å²) in [4.78, 5) is 0. The van der Waals surface area contributed by atoms with Crippen molar-refractivity contribution in [2.75, 3.05) is 0 Å². The molecule has 1 aliphatic carbocycles. The molecule has 1 aromatic carbocycles. The summed E-state index contributed by atoms with van der Waals surface area (Å²) in [6, 6.07) is 10.9. The maximum Gasteiger partial charge on any atom is 0.192 e. The van der Waals surface area contributed by atoms with Crippen molar-refractivity contribution in [1.29, 1.82) is 0 Å². The lowest BCUT2D eigenvalue weighted by Gasteiger charge is -2.40. The standard InChI is InChI=1S/C31H50O2Si/c1-24-23-30-29(18-14-9-8-11-15-25(2)32-30)28(24)22-21-27(33-34(6,7)31(3,4)5)20-19-26-16-12-10-13-17-26/h9-10,12-14,16-17,24,27-30H,2,8,11,15,18-23H2,1,3-7H3/b14-9-/t24-,27+,28+,29-,30+/m1/s1. The Hall–Kier alpha value is -1.32. The Morgan fingerprint density at radius 2 is 1.85 bits per heavy atom. The van der Waals surface area contributed by atoms with E-state index in [0.29, 0.717) is 30.0 Å². The van der Waals surface area contributed by atoms with Crippen molar-refractivity contribution in [2.24, 2.45) is 17.8 Å². The Kier molecular flexibility index (Phi) is 9.69. The zero-order valence-electron chi connectivity index (χ0n) is 22.8. The second-order valence-corrected chi connectivity index (χ2v) is 17.2. The van der Waals surface area contributed by atoms with Gasteiger partial charge in [-0.2, -0.15) is 0 Å². The van der Waals surface area contributed by atoms with Gasteiger partial charge in [-0.1, -0.05) is 76.8 Å². The van der Waals surface area contributed by atoms with E-state index in [0.717, 1.165) is 50.7 Å². The highest BCUT2D eigenvalue weighted by molar-refractivity contribution is 6.74. The van der Waals surface area contributed by atoms with Gasteiger partial charge >= 0.3 is 0 Å². The van der Waals surface area contributed by atoms with E-state index in [1.165, 1.54) is 18.4 Å². The molecule has 34 heavy (non-hydrogen) atoms. The summed E-state index contributed by atoms with van der Waals surface area (Å²) in [6.07, 6.45) is 15.7. The number of fused-ring (bicyclic) bond motifs is 1. The molecular formula is C31H50O2Si. The summed E-state index contributed by atoms with van der Waals surface area (Å²) >= 11 is 0. The molecule has 0 N–H and O–H groups in total. The molecule has 0 amide bonds. The van der Waals surface area contributed by atoms with Crippen LogP contribution >= 0.6 is 0 Å². The van der Waals surface area contributed by atoms with E-state index in [2.05, 4.69) is 89.9 Å². The largest absolute Gasteiger partial charge is 0.495 e. The molecule has 1 aliphatic heterocycles. The van der Waals surface area contributed by atoms with Gasteiger partial charge in [0.2, 0.25) is 0 Å². The molecule has 3 rings (SSSR count). The highest BCUT2D eigenvalue weighted by Crippen LogP contribution is 2.45. The van der Waals surface area contributed by atoms with Gasteiger partial charge in [0.15, 0.2) is 8.32 Å². The molecule has 0 spiro atoms. The van der Waals surface area contributed by atoms with Gasteiger partial charge in [0.25, 0.3) is 0 Å². The van der Waals surface area contributed by atoms with E-state index in [4.69, 9.17) is 9.16 Å². The van der Waals surface area contributed by atoms with Gasteiger partial charge in [0.05, 0.1) is 5.76 Å². The zero-order valence-corrected chi connectivity index (χ0v) is 23.8. The number of aryl methyl sites for hydroxylation is 1. The van der Waals surface area contributed by atoms with Crippen LogP contribution in [-0.4, -0.2) is 20.5 Å². The Labute approximate surface area is 211 Å². The minimum atomic E-state index is -1.82. The molecule has 3 heteroatoms. The lowest BCUT2D eigenvalue weighted by Crippen LogP contribution is -2.44. The number of rotatable bonds is 8. The van der Waals surface area contributed by atoms with Gasteiger partial charge in [-0.05, 0) is 86.9 Å². The van der Waals surface area contributed by atoms with Crippen LogP contribution in [0.3, 0.4) is 0 Å². The van der Waals surface area contributed by atoms with E-state index in [1.54, 1.807) is 0 Å². The number of ether oxygens (including phenoxy) is 1. The van der Waals surface area contributed by atoms with Gasteiger partial charge in [-0.3, -0.25) is 0 Å². The highest BCUT2D eigenvalue weighted by atomic mass is 28.4. The second-order valence-electron chi connectivity index (χ2n) is 12.4. The third-order valence-electron chi connectivity index (χ3n) is 8.77. The molecule has 2 aliphatic rings. The van der Waals surface area contributed by atoms with E-state index in [1.807, 2.05) is 0 Å². The lowest BCUT2D eigenvalue weighted by atomic mass is 9.83. The molecule has 0 bridgehead atoms. The first kappa shape index (κ1) is 27.3. The maximum absolute atomic E-state index is 7.03. The van der Waals surface area contributed by atoms with Crippen LogP contribution in [0.1, 0.15) is 84.6 Å². The predicted octanol–water partition coefficient (Wildman–Crippen LogP) is 9.09. The van der Waals surface area contributed by atoms with Crippen molar-refractivity contribution >= 4 is 8.32 Å². The van der Waals surface area contributed by atoms with E-state index in [9.17, 15) is 0 Å². The minimum absolute atomic E-state index is 0.235. The molecule has 0 aromatic heterocycles. The molecule has 0 radical (unpaired) electrons. The van der Waals surface area contributed by atoms with Gasteiger partial charge < -0.3 is 9.16 Å². The van der Waals surface area contributed by atoms with Crippen LogP contribution in [0.25, 0.3) is 0 Å². The summed E-state index contributed by atoms with van der Waals surface area (Å²) in [5.74, 6) is 2.99. The Balaban J connectivity index is 1.70. The van der Waals surface area contributed by atoms with Crippen LogP contribution in [0.15, 0.2) is 54.8 Å². The first-order valence-electron chi connectivity index (χ1n) is 13.8. The SMILES string of the molecule is C=C1CCC/C=C\C[C@@H]2[C@@H](CC[C@H](CCc3ccccc3)O[Si](C)(C)C(C)(C)C)[C@H](C)C[C@@H]2O1. The Morgan fingerprint density at radius 3 is 2.56 bits per heavy atom. The van der Waals surface area contributed by atoms with Crippen LogP contribution in [0, 0.1) is 17.8 Å². The van der Waals surface area contributed by atoms with Gasteiger partial charge in [0.1, 0.15) is 6.10 Å². The van der Waals surface area contributed by atoms with Crippen molar-refractivity contribution in [3.8, 4) is 0 Å². The third-order valence-corrected chi connectivity index (χ3v) is 13.3.